The van der Waals surface area contributed by atoms with Crippen molar-refractivity contribution in [1.82, 2.24) is 4.98 Å². The third-order valence-electron chi connectivity index (χ3n) is 6.78. The molecule has 0 saturated carbocycles. The van der Waals surface area contributed by atoms with Crippen LogP contribution in [0, 0.1) is 0 Å². The third-order valence-corrected chi connectivity index (χ3v) is 12.0. The zero-order valence-corrected chi connectivity index (χ0v) is 23.5. The summed E-state index contributed by atoms with van der Waals surface area (Å²) in [6.07, 6.45) is 0. The number of rotatable bonds is 9. The Hall–Kier alpha value is -4.24. The molecule has 0 atom stereocenters. The third kappa shape index (κ3) is 5.04. The average molecular weight is 557 g/mol. The number of aromatic nitrogens is 1. The summed E-state index contributed by atoms with van der Waals surface area (Å²) < 4.78 is 6.59. The smallest absolute Gasteiger partial charge is 0.251 e. The van der Waals surface area contributed by atoms with Crippen LogP contribution in [0.4, 0.5) is 0 Å². The van der Waals surface area contributed by atoms with Gasteiger partial charge in [0.2, 0.25) is 11.0 Å². The lowest BCUT2D eigenvalue weighted by atomic mass is 10.2. The van der Waals surface area contributed by atoms with Gasteiger partial charge in [-0.15, -0.1) is 0 Å². The van der Waals surface area contributed by atoms with Crippen LogP contribution >= 0.6 is 19.0 Å². The number of carbonyl (C=O) groups excluding carboxylic acids is 1. The maximum Gasteiger partial charge on any atom is 0.251 e. The van der Waals surface area contributed by atoms with Crippen molar-refractivity contribution >= 4 is 46.2 Å². The quantitative estimate of drug-likeness (QED) is 0.110. The first-order chi connectivity index (χ1) is 19.8. The normalized spacial score (nSPS) is 11.3. The lowest BCUT2D eigenvalue weighted by Gasteiger charge is -2.25. The topological polar surface area (TPSA) is 43.1 Å². The van der Waals surface area contributed by atoms with E-state index in [2.05, 4.69) is 72.8 Å². The molecule has 0 amide bonds. The molecular weight excluding hydrogens is 529 g/mol. The molecule has 0 aliphatic carbocycles. The predicted molar refractivity (Wildman–Crippen MR) is 168 cm³/mol. The Morgan fingerprint density at radius 3 is 1.50 bits per heavy atom. The van der Waals surface area contributed by atoms with Gasteiger partial charge in [0.25, 0.3) is 5.44 Å². The monoisotopic (exact) mass is 556 g/mol. The van der Waals surface area contributed by atoms with Gasteiger partial charge in [0, 0.05) is 11.1 Å². The second-order valence-corrected chi connectivity index (χ2v) is 13.5. The fourth-order valence-electron chi connectivity index (χ4n) is 4.92. The van der Waals surface area contributed by atoms with Gasteiger partial charge in [0.05, 0.1) is 5.75 Å². The first-order valence-electron chi connectivity index (χ1n) is 13.1. The number of Topliss-reactive ketones (excluding diaryl/α,β-unsaturated/α-hetero) is 1. The number of thioether (sulfide) groups is 1. The van der Waals surface area contributed by atoms with Gasteiger partial charge in [-0.1, -0.05) is 115 Å². The summed E-state index contributed by atoms with van der Waals surface area (Å²) in [7, 11) is -2.51. The van der Waals surface area contributed by atoms with Gasteiger partial charge in [-0.2, -0.15) is 4.98 Å². The largest absolute Gasteiger partial charge is 0.425 e. The van der Waals surface area contributed by atoms with E-state index < -0.39 is 7.26 Å². The number of hydrogen-bond acceptors (Lipinski definition) is 4. The fourth-order valence-corrected chi connectivity index (χ4v) is 10.3. The molecule has 5 aromatic carbocycles. The Morgan fingerprint density at radius 1 is 0.600 bits per heavy atom. The van der Waals surface area contributed by atoms with E-state index in [1.807, 2.05) is 78.9 Å². The molecule has 1 aromatic heterocycles. The van der Waals surface area contributed by atoms with Crippen LogP contribution in [0.1, 0.15) is 10.4 Å². The molecule has 1 heterocycles. The summed E-state index contributed by atoms with van der Waals surface area (Å²) in [4.78, 5) is 18.5. The number of carbonyl (C=O) groups is 1. The highest BCUT2D eigenvalue weighted by Crippen LogP contribution is 2.56. The number of hydrogen-bond donors (Lipinski definition) is 0. The number of oxazole rings is 1. The Kier molecular flexibility index (Phi) is 7.72. The molecule has 194 valence electrons. The molecule has 0 N–H and O–H groups in total. The molecule has 0 saturated heterocycles. The van der Waals surface area contributed by atoms with E-state index >= 15 is 0 Å². The molecule has 6 aromatic rings. The second-order valence-electron chi connectivity index (χ2n) is 9.25. The standard InChI is InChI=1S/C35H27NO2PS/c37-32(27-16-6-1-7-17-27)26-40-35-34(36-33(38-35)28-18-8-2-9-19-28)39(29-20-10-3-11-21-29,30-22-12-4-13-23-30)31-24-14-5-15-25-31/h1-25H,26H2/q+1. The molecule has 3 nitrogen and oxygen atoms in total. The summed E-state index contributed by atoms with van der Waals surface area (Å²) in [5, 5.41) is 4.21. The van der Waals surface area contributed by atoms with Crippen molar-refractivity contribution in [3.63, 3.8) is 0 Å². The van der Waals surface area contributed by atoms with Crippen LogP contribution in [-0.4, -0.2) is 16.5 Å². The van der Waals surface area contributed by atoms with E-state index in [4.69, 9.17) is 9.40 Å². The number of ketones is 1. The minimum atomic E-state index is -2.51. The fraction of sp³-hybridized carbons (Fsp3) is 0.0286. The summed E-state index contributed by atoms with van der Waals surface area (Å²) in [6, 6.07) is 51.1. The van der Waals surface area contributed by atoms with Crippen LogP contribution in [0.15, 0.2) is 161 Å². The van der Waals surface area contributed by atoms with Gasteiger partial charge in [-0.25, -0.2) is 0 Å². The van der Waals surface area contributed by atoms with Gasteiger partial charge in [0.1, 0.15) is 15.9 Å². The molecule has 5 heteroatoms. The minimum Gasteiger partial charge on any atom is -0.425 e. The number of nitrogens with zero attached hydrogens (tertiary/aromatic N) is 1. The van der Waals surface area contributed by atoms with E-state index in [0.717, 1.165) is 11.0 Å². The highest BCUT2D eigenvalue weighted by Gasteiger charge is 2.53. The van der Waals surface area contributed by atoms with E-state index in [-0.39, 0.29) is 11.5 Å². The van der Waals surface area contributed by atoms with Crippen molar-refractivity contribution in [2.24, 2.45) is 0 Å². The van der Waals surface area contributed by atoms with E-state index in [0.29, 0.717) is 16.5 Å². The molecular formula is C35H27NO2PS+. The maximum atomic E-state index is 13.2. The molecule has 0 spiro atoms. The highest BCUT2D eigenvalue weighted by molar-refractivity contribution is 8.04. The SMILES string of the molecule is O=C(CSc1oc(-c2ccccc2)nc1[P+](c1ccccc1)(c1ccccc1)c1ccccc1)c1ccccc1. The van der Waals surface area contributed by atoms with Gasteiger partial charge in [-0.3, -0.25) is 4.79 Å². The van der Waals surface area contributed by atoms with Crippen LogP contribution in [-0.2, 0) is 0 Å². The second kappa shape index (κ2) is 11.9. The summed E-state index contributed by atoms with van der Waals surface area (Å²) in [6.45, 7) is 0. The van der Waals surface area contributed by atoms with E-state index in [9.17, 15) is 4.79 Å². The van der Waals surface area contributed by atoms with Gasteiger partial charge in [0.15, 0.2) is 13.0 Å². The van der Waals surface area contributed by atoms with Gasteiger partial charge >= 0.3 is 0 Å². The summed E-state index contributed by atoms with van der Waals surface area (Å²) >= 11 is 1.43. The van der Waals surface area contributed by atoms with Crippen molar-refractivity contribution in [2.45, 2.75) is 5.09 Å². The zero-order valence-electron chi connectivity index (χ0n) is 21.8. The van der Waals surface area contributed by atoms with Crippen LogP contribution in [0.2, 0.25) is 0 Å². The zero-order chi connectivity index (χ0) is 27.2. The van der Waals surface area contributed by atoms with Crippen LogP contribution in [0.5, 0.6) is 0 Å². The predicted octanol–water partition coefficient (Wildman–Crippen LogP) is 6.94. The highest BCUT2D eigenvalue weighted by atomic mass is 32.2. The lowest BCUT2D eigenvalue weighted by molar-refractivity contribution is 0.102. The Morgan fingerprint density at radius 2 is 1.02 bits per heavy atom. The average Bonchev–Trinajstić information content (AvgIpc) is 3.47. The van der Waals surface area contributed by atoms with E-state index in [1.165, 1.54) is 27.7 Å². The minimum absolute atomic E-state index is 0.0530. The molecule has 40 heavy (non-hydrogen) atoms. The first kappa shape index (κ1) is 26.0. The Bertz CT molecular complexity index is 1590. The maximum absolute atomic E-state index is 13.2. The van der Waals surface area contributed by atoms with Crippen molar-refractivity contribution < 1.29 is 9.21 Å². The molecule has 0 fully saturated rings. The number of benzene rings is 5. The van der Waals surface area contributed by atoms with Crippen LogP contribution in [0.25, 0.3) is 11.5 Å². The van der Waals surface area contributed by atoms with Crippen LogP contribution < -0.4 is 21.3 Å². The first-order valence-corrected chi connectivity index (χ1v) is 15.9. The van der Waals surface area contributed by atoms with Gasteiger partial charge < -0.3 is 4.42 Å². The lowest BCUT2D eigenvalue weighted by Crippen LogP contribution is -2.40. The molecule has 0 aliphatic rings. The summed E-state index contributed by atoms with van der Waals surface area (Å²) in [5.41, 5.74) is 2.47. The molecule has 0 unspecified atom stereocenters. The molecule has 0 bridgehead atoms. The van der Waals surface area contributed by atoms with E-state index in [1.54, 1.807) is 0 Å². The van der Waals surface area contributed by atoms with Crippen molar-refractivity contribution in [3.8, 4) is 11.5 Å². The molecule has 0 aliphatic heterocycles. The van der Waals surface area contributed by atoms with Crippen molar-refractivity contribution in [2.75, 3.05) is 5.75 Å². The Balaban J connectivity index is 1.60. The summed E-state index contributed by atoms with van der Waals surface area (Å²) in [5.74, 6) is 0.855. The van der Waals surface area contributed by atoms with Crippen molar-refractivity contribution in [1.29, 1.82) is 0 Å². The van der Waals surface area contributed by atoms with Gasteiger partial charge in [-0.05, 0) is 48.5 Å². The van der Waals surface area contributed by atoms with Crippen molar-refractivity contribution in [3.05, 3.63) is 157 Å². The molecule has 6 rings (SSSR count). The van der Waals surface area contributed by atoms with Crippen LogP contribution in [0.3, 0.4) is 0 Å². The Labute approximate surface area is 239 Å². The molecule has 0 radical (unpaired) electrons.